The number of carbonyl (C=O) groups excluding carboxylic acids is 1. The zero-order valence-electron chi connectivity index (χ0n) is 11.3. The number of benzene rings is 2. The molecule has 0 bridgehead atoms. The van der Waals surface area contributed by atoms with Crippen molar-refractivity contribution >= 4 is 44.8 Å². The highest BCUT2D eigenvalue weighted by Gasteiger charge is 2.06. The van der Waals surface area contributed by atoms with Crippen LogP contribution in [0.3, 0.4) is 0 Å². The van der Waals surface area contributed by atoms with Gasteiger partial charge in [-0.3, -0.25) is 4.79 Å². The molecule has 0 saturated carbocycles. The van der Waals surface area contributed by atoms with E-state index in [9.17, 15) is 4.79 Å². The molecule has 0 radical (unpaired) electrons. The molecule has 2 aromatic rings. The molecule has 0 aliphatic rings. The quantitative estimate of drug-likeness (QED) is 0.832. The summed E-state index contributed by atoms with van der Waals surface area (Å²) in [5.74, 6) is 0.525. The zero-order valence-corrected chi connectivity index (χ0v) is 13.7. The summed E-state index contributed by atoms with van der Waals surface area (Å²) < 4.78 is 6.14. The van der Waals surface area contributed by atoms with Crippen molar-refractivity contribution in [3.05, 3.63) is 52.0 Å². The number of anilines is 2. The monoisotopic (exact) mass is 368 g/mol. The van der Waals surface area contributed by atoms with E-state index in [0.29, 0.717) is 16.5 Å². The van der Waals surface area contributed by atoms with Crippen LogP contribution in [0, 0.1) is 0 Å². The van der Waals surface area contributed by atoms with Crippen LogP contribution in [-0.4, -0.2) is 19.6 Å². The molecule has 0 aliphatic carbocycles. The van der Waals surface area contributed by atoms with Crippen molar-refractivity contribution < 1.29 is 9.53 Å². The number of methoxy groups -OCH3 is 1. The molecule has 2 N–H and O–H groups in total. The molecule has 6 heteroatoms. The average molecular weight is 370 g/mol. The summed E-state index contributed by atoms with van der Waals surface area (Å²) in [4.78, 5) is 11.9. The van der Waals surface area contributed by atoms with Gasteiger partial charge in [-0.1, -0.05) is 27.5 Å². The fourth-order valence-electron chi connectivity index (χ4n) is 1.73. The van der Waals surface area contributed by atoms with Gasteiger partial charge < -0.3 is 15.4 Å². The summed E-state index contributed by atoms with van der Waals surface area (Å²) in [7, 11) is 1.59. The van der Waals surface area contributed by atoms with Crippen LogP contribution in [0.1, 0.15) is 0 Å². The maximum absolute atomic E-state index is 11.9. The van der Waals surface area contributed by atoms with Gasteiger partial charge in [0.2, 0.25) is 5.91 Å². The van der Waals surface area contributed by atoms with Gasteiger partial charge in [0.25, 0.3) is 0 Å². The number of amides is 1. The van der Waals surface area contributed by atoms with Gasteiger partial charge in [0.05, 0.1) is 19.3 Å². The fraction of sp³-hybridized carbons (Fsp3) is 0.133. The van der Waals surface area contributed by atoms with Crippen LogP contribution in [0.5, 0.6) is 5.75 Å². The highest BCUT2D eigenvalue weighted by Crippen LogP contribution is 2.27. The van der Waals surface area contributed by atoms with Gasteiger partial charge >= 0.3 is 0 Å². The standard InChI is InChI=1S/C15H14BrClN2O2/c1-21-14-7-2-10(16)8-13(14)18-9-15(20)19-12-5-3-11(17)4-6-12/h2-8,18H,9H2,1H3,(H,19,20). The van der Waals surface area contributed by atoms with E-state index in [1.165, 1.54) is 0 Å². The molecular weight excluding hydrogens is 356 g/mol. The van der Waals surface area contributed by atoms with E-state index in [1.807, 2.05) is 18.2 Å². The Bertz CT molecular complexity index is 632. The maximum Gasteiger partial charge on any atom is 0.243 e. The smallest absolute Gasteiger partial charge is 0.243 e. The van der Waals surface area contributed by atoms with Gasteiger partial charge in [-0.2, -0.15) is 0 Å². The number of ether oxygens (including phenoxy) is 1. The molecule has 0 spiro atoms. The Balaban J connectivity index is 1.95. The minimum absolute atomic E-state index is 0.134. The Morgan fingerprint density at radius 1 is 1.24 bits per heavy atom. The minimum atomic E-state index is -0.153. The summed E-state index contributed by atoms with van der Waals surface area (Å²) in [6.45, 7) is 0.134. The van der Waals surface area contributed by atoms with Gasteiger partial charge in [-0.05, 0) is 42.5 Å². The largest absolute Gasteiger partial charge is 0.495 e. The van der Waals surface area contributed by atoms with E-state index in [0.717, 1.165) is 10.2 Å². The lowest BCUT2D eigenvalue weighted by Crippen LogP contribution is -2.21. The first kappa shape index (κ1) is 15.7. The number of rotatable bonds is 5. The maximum atomic E-state index is 11.9. The summed E-state index contributed by atoms with van der Waals surface area (Å²) in [6, 6.07) is 12.5. The highest BCUT2D eigenvalue weighted by molar-refractivity contribution is 9.10. The number of halogens is 2. The second kappa shape index (κ2) is 7.33. The zero-order chi connectivity index (χ0) is 15.2. The van der Waals surface area contributed by atoms with Crippen molar-refractivity contribution in [2.45, 2.75) is 0 Å². The third-order valence-electron chi connectivity index (χ3n) is 2.73. The van der Waals surface area contributed by atoms with E-state index in [2.05, 4.69) is 26.6 Å². The minimum Gasteiger partial charge on any atom is -0.495 e. The van der Waals surface area contributed by atoms with Crippen LogP contribution < -0.4 is 15.4 Å². The van der Waals surface area contributed by atoms with Crippen LogP contribution in [0.4, 0.5) is 11.4 Å². The Labute approximate surface area is 136 Å². The molecule has 0 fully saturated rings. The van der Waals surface area contributed by atoms with Crippen LogP contribution in [0.25, 0.3) is 0 Å². The van der Waals surface area contributed by atoms with Crippen molar-refractivity contribution in [1.82, 2.24) is 0 Å². The lowest BCUT2D eigenvalue weighted by Gasteiger charge is -2.11. The lowest BCUT2D eigenvalue weighted by atomic mass is 10.3. The first-order valence-corrected chi connectivity index (χ1v) is 7.38. The van der Waals surface area contributed by atoms with E-state index in [4.69, 9.17) is 16.3 Å². The van der Waals surface area contributed by atoms with Crippen molar-refractivity contribution in [2.75, 3.05) is 24.3 Å². The van der Waals surface area contributed by atoms with E-state index in [1.54, 1.807) is 31.4 Å². The second-order valence-electron chi connectivity index (χ2n) is 4.25. The van der Waals surface area contributed by atoms with Gasteiger partial charge in [0, 0.05) is 15.2 Å². The number of hydrogen-bond donors (Lipinski definition) is 2. The van der Waals surface area contributed by atoms with Gasteiger partial charge in [-0.25, -0.2) is 0 Å². The number of carbonyl (C=O) groups is 1. The molecule has 2 rings (SSSR count). The molecule has 0 heterocycles. The molecule has 0 aliphatic heterocycles. The van der Waals surface area contributed by atoms with Crippen molar-refractivity contribution in [3.63, 3.8) is 0 Å². The van der Waals surface area contributed by atoms with Gasteiger partial charge in [0.15, 0.2) is 0 Å². The highest BCUT2D eigenvalue weighted by atomic mass is 79.9. The van der Waals surface area contributed by atoms with E-state index < -0.39 is 0 Å². The first-order chi connectivity index (χ1) is 10.1. The molecular formula is C15H14BrClN2O2. The second-order valence-corrected chi connectivity index (χ2v) is 5.61. The van der Waals surface area contributed by atoms with Crippen molar-refractivity contribution in [2.24, 2.45) is 0 Å². The normalized spacial score (nSPS) is 10.0. The fourth-order valence-corrected chi connectivity index (χ4v) is 2.22. The molecule has 1 amide bonds. The molecule has 0 aromatic heterocycles. The molecule has 2 aromatic carbocycles. The average Bonchev–Trinajstić information content (AvgIpc) is 2.48. The van der Waals surface area contributed by atoms with E-state index in [-0.39, 0.29) is 12.5 Å². The van der Waals surface area contributed by atoms with Crippen LogP contribution in [0.2, 0.25) is 5.02 Å². The number of nitrogens with one attached hydrogen (secondary N) is 2. The van der Waals surface area contributed by atoms with Gasteiger partial charge in [0.1, 0.15) is 5.75 Å². The summed E-state index contributed by atoms with van der Waals surface area (Å²) in [6.07, 6.45) is 0. The van der Waals surface area contributed by atoms with Gasteiger partial charge in [-0.15, -0.1) is 0 Å². The predicted octanol–water partition coefficient (Wildman–Crippen LogP) is 4.16. The Morgan fingerprint density at radius 3 is 2.62 bits per heavy atom. The summed E-state index contributed by atoms with van der Waals surface area (Å²) >= 11 is 9.18. The van der Waals surface area contributed by atoms with Crippen molar-refractivity contribution in [3.8, 4) is 5.75 Å². The van der Waals surface area contributed by atoms with Crippen molar-refractivity contribution in [1.29, 1.82) is 0 Å². The SMILES string of the molecule is COc1ccc(Br)cc1NCC(=O)Nc1ccc(Cl)cc1. The van der Waals surface area contributed by atoms with Crippen LogP contribution in [-0.2, 0) is 4.79 Å². The Morgan fingerprint density at radius 2 is 1.95 bits per heavy atom. The molecule has 4 nitrogen and oxygen atoms in total. The Hall–Kier alpha value is -1.72. The summed E-state index contributed by atoms with van der Waals surface area (Å²) in [5.41, 5.74) is 1.45. The summed E-state index contributed by atoms with van der Waals surface area (Å²) in [5, 5.41) is 6.45. The molecule has 110 valence electrons. The topological polar surface area (TPSA) is 50.4 Å². The third-order valence-corrected chi connectivity index (χ3v) is 3.47. The van der Waals surface area contributed by atoms with E-state index >= 15 is 0 Å². The first-order valence-electron chi connectivity index (χ1n) is 6.21. The molecule has 0 unspecified atom stereocenters. The van der Waals surface area contributed by atoms with Crippen LogP contribution in [0.15, 0.2) is 46.9 Å². The van der Waals surface area contributed by atoms with Crippen LogP contribution >= 0.6 is 27.5 Å². The predicted molar refractivity (Wildman–Crippen MR) is 89.3 cm³/mol. The number of hydrogen-bond acceptors (Lipinski definition) is 3. The third kappa shape index (κ3) is 4.65. The molecule has 21 heavy (non-hydrogen) atoms. The molecule has 0 saturated heterocycles. The Kier molecular flexibility index (Phi) is 5.47. The molecule has 0 atom stereocenters. The lowest BCUT2D eigenvalue weighted by molar-refractivity contribution is -0.114.